The van der Waals surface area contributed by atoms with Crippen LogP contribution >= 0.6 is 0 Å². The Morgan fingerprint density at radius 2 is 1.57 bits per heavy atom. The van der Waals surface area contributed by atoms with Crippen LogP contribution in [-0.2, 0) is 0 Å². The monoisotopic (exact) mass is 198 g/mol. The van der Waals surface area contributed by atoms with E-state index in [1.807, 2.05) is 0 Å². The Morgan fingerprint density at radius 3 is 1.86 bits per heavy atom. The van der Waals surface area contributed by atoms with Crippen LogP contribution in [-0.4, -0.2) is 11.1 Å². The molecule has 1 aromatic carbocycles. The molecule has 0 amide bonds. The minimum Gasteiger partial charge on any atom is -0.478 e. The van der Waals surface area contributed by atoms with Gasteiger partial charge in [0, 0.05) is 0 Å². The first-order chi connectivity index (χ1) is 6.37. The molecule has 5 N–H and O–H groups in total. The van der Waals surface area contributed by atoms with Crippen molar-refractivity contribution in [1.82, 2.24) is 0 Å². The maximum atomic E-state index is 13.3. The van der Waals surface area contributed by atoms with Gasteiger partial charge in [-0.25, -0.2) is 9.18 Å². The quantitative estimate of drug-likeness (QED) is 0.593. The number of aromatic carboxylic acids is 1. The number of benzene rings is 1. The molecule has 4 nitrogen and oxygen atoms in total. The first-order valence-corrected chi connectivity index (χ1v) is 3.94. The lowest BCUT2D eigenvalue weighted by atomic mass is 9.99. The van der Waals surface area contributed by atoms with Crippen molar-refractivity contribution in [3.05, 3.63) is 22.5 Å². The zero-order valence-electron chi connectivity index (χ0n) is 7.89. The zero-order chi connectivity index (χ0) is 11.0. The van der Waals surface area contributed by atoms with Crippen molar-refractivity contribution in [2.75, 3.05) is 11.5 Å². The Kier molecular flexibility index (Phi) is 2.33. The predicted octanol–water partition coefficient (Wildman–Crippen LogP) is 1.31. The maximum absolute atomic E-state index is 13.3. The van der Waals surface area contributed by atoms with Gasteiger partial charge in [-0.15, -0.1) is 0 Å². The minimum absolute atomic E-state index is 0.0265. The first kappa shape index (κ1) is 10.3. The number of nitrogen functional groups attached to an aromatic ring is 2. The van der Waals surface area contributed by atoms with E-state index in [1.54, 1.807) is 0 Å². The van der Waals surface area contributed by atoms with E-state index in [1.165, 1.54) is 13.8 Å². The summed E-state index contributed by atoms with van der Waals surface area (Å²) in [6.07, 6.45) is 0. The lowest BCUT2D eigenvalue weighted by Crippen LogP contribution is -2.11. The van der Waals surface area contributed by atoms with Crippen molar-refractivity contribution in [2.45, 2.75) is 13.8 Å². The summed E-state index contributed by atoms with van der Waals surface area (Å²) in [6, 6.07) is 0. The molecular weight excluding hydrogens is 187 g/mol. The second-order valence-electron chi connectivity index (χ2n) is 3.07. The number of rotatable bonds is 1. The van der Waals surface area contributed by atoms with Gasteiger partial charge in [0.15, 0.2) is 5.82 Å². The molecule has 0 spiro atoms. The molecule has 0 aliphatic carbocycles. The van der Waals surface area contributed by atoms with Gasteiger partial charge in [-0.3, -0.25) is 0 Å². The average Bonchev–Trinajstić information content (AvgIpc) is 2.11. The lowest BCUT2D eigenvalue weighted by molar-refractivity contribution is 0.0695. The Morgan fingerprint density at radius 1 is 1.21 bits per heavy atom. The van der Waals surface area contributed by atoms with Crippen LogP contribution in [0.1, 0.15) is 21.5 Å². The van der Waals surface area contributed by atoms with Gasteiger partial charge < -0.3 is 16.6 Å². The van der Waals surface area contributed by atoms with Gasteiger partial charge in [-0.05, 0) is 25.0 Å². The molecule has 76 valence electrons. The van der Waals surface area contributed by atoms with Crippen LogP contribution in [0.15, 0.2) is 0 Å². The summed E-state index contributed by atoms with van der Waals surface area (Å²) in [6.45, 7) is 2.91. The van der Waals surface area contributed by atoms with Gasteiger partial charge in [-0.2, -0.15) is 0 Å². The maximum Gasteiger partial charge on any atom is 0.336 e. The van der Waals surface area contributed by atoms with Crippen molar-refractivity contribution in [3.63, 3.8) is 0 Å². The summed E-state index contributed by atoms with van der Waals surface area (Å²) in [5.41, 5.74) is 10.7. The number of hydrogen-bond acceptors (Lipinski definition) is 3. The fraction of sp³-hybridized carbons (Fsp3) is 0.222. The van der Waals surface area contributed by atoms with Crippen LogP contribution < -0.4 is 11.5 Å². The van der Waals surface area contributed by atoms with Gasteiger partial charge in [0.1, 0.15) is 0 Å². The Balaban J connectivity index is 3.68. The molecule has 5 heteroatoms. The van der Waals surface area contributed by atoms with Crippen molar-refractivity contribution >= 4 is 17.3 Å². The number of carboxylic acids is 1. The highest BCUT2D eigenvalue weighted by atomic mass is 19.1. The van der Waals surface area contributed by atoms with E-state index < -0.39 is 11.8 Å². The molecule has 0 aliphatic rings. The molecule has 0 bridgehead atoms. The van der Waals surface area contributed by atoms with E-state index in [9.17, 15) is 9.18 Å². The molecule has 0 unspecified atom stereocenters. The van der Waals surface area contributed by atoms with Gasteiger partial charge in [0.2, 0.25) is 0 Å². The number of nitrogens with two attached hydrogens (primary N) is 2. The highest BCUT2D eigenvalue weighted by molar-refractivity contribution is 5.95. The molecule has 0 radical (unpaired) electrons. The molecule has 0 saturated heterocycles. The van der Waals surface area contributed by atoms with Crippen LogP contribution in [0.3, 0.4) is 0 Å². The van der Waals surface area contributed by atoms with Gasteiger partial charge in [0.25, 0.3) is 0 Å². The van der Waals surface area contributed by atoms with E-state index in [-0.39, 0.29) is 28.1 Å². The highest BCUT2D eigenvalue weighted by Gasteiger charge is 2.20. The second kappa shape index (κ2) is 3.17. The van der Waals surface area contributed by atoms with Crippen LogP contribution in [0.4, 0.5) is 15.8 Å². The minimum atomic E-state index is -1.15. The Bertz CT molecular complexity index is 387. The highest BCUT2D eigenvalue weighted by Crippen LogP contribution is 2.29. The fourth-order valence-corrected chi connectivity index (χ4v) is 1.35. The zero-order valence-corrected chi connectivity index (χ0v) is 7.89. The van der Waals surface area contributed by atoms with Crippen molar-refractivity contribution in [2.24, 2.45) is 0 Å². The second-order valence-corrected chi connectivity index (χ2v) is 3.07. The van der Waals surface area contributed by atoms with E-state index in [0.29, 0.717) is 0 Å². The van der Waals surface area contributed by atoms with E-state index in [0.717, 1.165) is 0 Å². The third kappa shape index (κ3) is 1.26. The summed E-state index contributed by atoms with van der Waals surface area (Å²) < 4.78 is 13.3. The van der Waals surface area contributed by atoms with Crippen LogP contribution in [0, 0.1) is 19.7 Å². The van der Waals surface area contributed by atoms with E-state index in [2.05, 4.69) is 0 Å². The lowest BCUT2D eigenvalue weighted by Gasteiger charge is -2.12. The van der Waals surface area contributed by atoms with Gasteiger partial charge in [-0.1, -0.05) is 0 Å². The largest absolute Gasteiger partial charge is 0.478 e. The van der Waals surface area contributed by atoms with E-state index in [4.69, 9.17) is 16.6 Å². The molecule has 0 aliphatic heterocycles. The van der Waals surface area contributed by atoms with Gasteiger partial charge in [0.05, 0.1) is 16.9 Å². The normalized spacial score (nSPS) is 10.2. The first-order valence-electron chi connectivity index (χ1n) is 3.94. The summed E-state index contributed by atoms with van der Waals surface area (Å²) in [5.74, 6) is -1.90. The SMILES string of the molecule is Cc1c(N)c(F)c(N)c(C)c1C(=O)O. The molecule has 1 aromatic rings. The Labute approximate surface area is 80.3 Å². The van der Waals surface area contributed by atoms with Crippen molar-refractivity contribution < 1.29 is 14.3 Å². The summed E-state index contributed by atoms with van der Waals surface area (Å²) in [4.78, 5) is 10.8. The molecule has 0 atom stereocenters. The predicted molar refractivity (Wildman–Crippen MR) is 51.7 cm³/mol. The van der Waals surface area contributed by atoms with E-state index >= 15 is 0 Å². The third-order valence-electron chi connectivity index (χ3n) is 2.24. The standard InChI is InChI=1S/C9H11FN2O2/c1-3-5(9(13)14)4(2)8(12)6(10)7(3)11/h11-12H2,1-2H3,(H,13,14). The molecule has 14 heavy (non-hydrogen) atoms. The molecule has 0 aromatic heterocycles. The smallest absolute Gasteiger partial charge is 0.336 e. The van der Waals surface area contributed by atoms with Crippen LogP contribution in [0.5, 0.6) is 0 Å². The van der Waals surface area contributed by atoms with Crippen molar-refractivity contribution in [1.29, 1.82) is 0 Å². The number of anilines is 2. The van der Waals surface area contributed by atoms with Crippen LogP contribution in [0.2, 0.25) is 0 Å². The molecule has 0 fully saturated rings. The fourth-order valence-electron chi connectivity index (χ4n) is 1.35. The molecule has 0 saturated carbocycles. The number of halogens is 1. The summed E-state index contributed by atoms with van der Waals surface area (Å²) in [5, 5.41) is 8.85. The number of hydrogen-bond donors (Lipinski definition) is 3. The summed E-state index contributed by atoms with van der Waals surface area (Å²) in [7, 11) is 0. The molecule has 1 rings (SSSR count). The topological polar surface area (TPSA) is 89.3 Å². The Hall–Kier alpha value is -1.78. The third-order valence-corrected chi connectivity index (χ3v) is 2.24. The number of carbonyl (C=O) groups is 1. The van der Waals surface area contributed by atoms with Crippen molar-refractivity contribution in [3.8, 4) is 0 Å². The van der Waals surface area contributed by atoms with Crippen LogP contribution in [0.25, 0.3) is 0 Å². The molecule has 0 heterocycles. The van der Waals surface area contributed by atoms with Gasteiger partial charge >= 0.3 is 5.97 Å². The summed E-state index contributed by atoms with van der Waals surface area (Å²) >= 11 is 0. The number of carboxylic acid groups (broad SMARTS) is 1. The molecular formula is C9H11FN2O2. The average molecular weight is 198 g/mol.